The fourth-order valence-corrected chi connectivity index (χ4v) is 3.29. The molecule has 1 heterocycles. The van der Waals surface area contributed by atoms with E-state index in [0.717, 1.165) is 39.3 Å². The molecule has 0 spiro atoms. The van der Waals surface area contributed by atoms with E-state index < -0.39 is 6.36 Å². The van der Waals surface area contributed by atoms with Crippen LogP contribution in [0.1, 0.15) is 5.56 Å². The summed E-state index contributed by atoms with van der Waals surface area (Å²) in [5, 5.41) is 2.68. The topological polar surface area (TPSA) is 66.1 Å². The van der Waals surface area contributed by atoms with Crippen LogP contribution in [0.4, 0.5) is 18.9 Å². The molecule has 1 aliphatic rings. The van der Waals surface area contributed by atoms with Gasteiger partial charge in [0.05, 0.1) is 12.2 Å². The van der Waals surface area contributed by atoms with Crippen LogP contribution in [0.3, 0.4) is 0 Å². The fourth-order valence-electron chi connectivity index (χ4n) is 3.29. The minimum Gasteiger partial charge on any atom is -0.404 e. The molecule has 0 amide bonds. The van der Waals surface area contributed by atoms with Crippen LogP contribution in [0.5, 0.6) is 5.75 Å². The number of halogens is 4. The molecular formula is C21H27F3IN5O. The van der Waals surface area contributed by atoms with Crippen molar-refractivity contribution in [2.75, 3.05) is 44.6 Å². The Kier molecular flexibility index (Phi) is 9.85. The lowest BCUT2D eigenvalue weighted by atomic mass is 10.2. The number of piperazine rings is 1. The van der Waals surface area contributed by atoms with E-state index in [1.165, 1.54) is 23.8 Å². The first-order valence-electron chi connectivity index (χ1n) is 9.79. The first-order valence-corrected chi connectivity index (χ1v) is 9.79. The van der Waals surface area contributed by atoms with Crippen molar-refractivity contribution in [2.24, 2.45) is 10.7 Å². The molecule has 2 aromatic rings. The van der Waals surface area contributed by atoms with E-state index >= 15 is 0 Å². The van der Waals surface area contributed by atoms with E-state index in [1.807, 2.05) is 6.07 Å². The molecule has 0 bridgehead atoms. The number of nitrogens with one attached hydrogen (secondary N) is 1. The van der Waals surface area contributed by atoms with Crippen LogP contribution in [-0.2, 0) is 6.54 Å². The molecule has 3 N–H and O–H groups in total. The van der Waals surface area contributed by atoms with Gasteiger partial charge in [-0.15, -0.1) is 37.1 Å². The average molecular weight is 549 g/mol. The van der Waals surface area contributed by atoms with Crippen LogP contribution in [0.25, 0.3) is 0 Å². The maximum Gasteiger partial charge on any atom is 0.573 e. The lowest BCUT2D eigenvalue weighted by Gasteiger charge is -2.34. The quantitative estimate of drug-likeness (QED) is 0.313. The SMILES string of the molecule is I.NC(=NCCN1CCN(Cc2ccccc2)CC1)Nc1ccccc1OC(F)(F)F. The number of hydrogen-bond acceptors (Lipinski definition) is 4. The third-order valence-corrected chi connectivity index (χ3v) is 4.79. The summed E-state index contributed by atoms with van der Waals surface area (Å²) in [4.78, 5) is 8.95. The van der Waals surface area contributed by atoms with Crippen LogP contribution in [0.2, 0.25) is 0 Å². The average Bonchev–Trinajstić information content (AvgIpc) is 2.70. The first kappa shape index (κ1) is 25.2. The number of aliphatic imine (C=N–C) groups is 1. The third kappa shape index (κ3) is 8.91. The molecule has 0 aromatic heterocycles. The minimum absolute atomic E-state index is 0. The van der Waals surface area contributed by atoms with E-state index in [4.69, 9.17) is 5.73 Å². The zero-order valence-electron chi connectivity index (χ0n) is 17.0. The summed E-state index contributed by atoms with van der Waals surface area (Å²) in [5.41, 5.74) is 7.26. The van der Waals surface area contributed by atoms with Gasteiger partial charge in [-0.1, -0.05) is 42.5 Å². The van der Waals surface area contributed by atoms with Crippen molar-refractivity contribution >= 4 is 35.6 Å². The van der Waals surface area contributed by atoms with Crippen molar-refractivity contribution in [1.82, 2.24) is 9.80 Å². The summed E-state index contributed by atoms with van der Waals surface area (Å²) >= 11 is 0. The number of guanidine groups is 1. The second-order valence-electron chi connectivity index (χ2n) is 7.04. The zero-order chi connectivity index (χ0) is 21.4. The number of ether oxygens (including phenoxy) is 1. The number of benzene rings is 2. The van der Waals surface area contributed by atoms with Crippen molar-refractivity contribution in [3.63, 3.8) is 0 Å². The molecule has 31 heavy (non-hydrogen) atoms. The van der Waals surface area contributed by atoms with Crippen molar-refractivity contribution < 1.29 is 17.9 Å². The number of alkyl halides is 3. The lowest BCUT2D eigenvalue weighted by Crippen LogP contribution is -2.46. The van der Waals surface area contributed by atoms with Gasteiger partial charge in [-0.3, -0.25) is 14.8 Å². The van der Waals surface area contributed by atoms with Gasteiger partial charge in [0.1, 0.15) is 0 Å². The van der Waals surface area contributed by atoms with Gasteiger partial charge in [0, 0.05) is 39.3 Å². The molecule has 10 heteroatoms. The van der Waals surface area contributed by atoms with Crippen LogP contribution in [0, 0.1) is 0 Å². The Morgan fingerprint density at radius 1 is 0.968 bits per heavy atom. The summed E-state index contributed by atoms with van der Waals surface area (Å²) in [6, 6.07) is 16.1. The van der Waals surface area contributed by atoms with Crippen LogP contribution < -0.4 is 15.8 Å². The van der Waals surface area contributed by atoms with Gasteiger partial charge in [-0.2, -0.15) is 0 Å². The molecule has 0 aliphatic carbocycles. The van der Waals surface area contributed by atoms with Crippen molar-refractivity contribution in [3.8, 4) is 5.75 Å². The van der Waals surface area contributed by atoms with Gasteiger partial charge in [-0.25, -0.2) is 0 Å². The van der Waals surface area contributed by atoms with E-state index in [1.54, 1.807) is 6.07 Å². The highest BCUT2D eigenvalue weighted by Crippen LogP contribution is 2.29. The molecule has 0 atom stereocenters. The standard InChI is InChI=1S/C21H26F3N5O.HI/c22-21(23,24)30-19-9-5-4-8-18(19)27-20(25)26-10-11-28-12-14-29(15-13-28)16-17-6-2-1-3-7-17;/h1-9H,10-16H2,(H3,25,26,27);1H. The Bertz CT molecular complexity index is 827. The third-order valence-electron chi connectivity index (χ3n) is 4.79. The Morgan fingerprint density at radius 2 is 1.58 bits per heavy atom. The van der Waals surface area contributed by atoms with Crippen molar-refractivity contribution in [1.29, 1.82) is 0 Å². The van der Waals surface area contributed by atoms with Crippen LogP contribution in [-0.4, -0.2) is 61.4 Å². The van der Waals surface area contributed by atoms with E-state index in [0.29, 0.717) is 6.54 Å². The summed E-state index contributed by atoms with van der Waals surface area (Å²) < 4.78 is 41.5. The number of rotatable bonds is 7. The van der Waals surface area contributed by atoms with Crippen molar-refractivity contribution in [2.45, 2.75) is 12.9 Å². The highest BCUT2D eigenvalue weighted by Gasteiger charge is 2.32. The zero-order valence-corrected chi connectivity index (χ0v) is 19.3. The number of nitrogens with zero attached hydrogens (tertiary/aromatic N) is 3. The largest absolute Gasteiger partial charge is 0.573 e. The second kappa shape index (κ2) is 12.1. The molecule has 6 nitrogen and oxygen atoms in total. The molecule has 1 aliphatic heterocycles. The molecule has 0 unspecified atom stereocenters. The maximum atomic E-state index is 12.5. The highest BCUT2D eigenvalue weighted by molar-refractivity contribution is 14.0. The fraction of sp³-hybridized carbons (Fsp3) is 0.381. The summed E-state index contributed by atoms with van der Waals surface area (Å²) in [6.07, 6.45) is -4.77. The molecule has 1 fully saturated rings. The number of para-hydroxylation sites is 2. The Morgan fingerprint density at radius 3 is 2.26 bits per heavy atom. The smallest absolute Gasteiger partial charge is 0.404 e. The predicted octanol–water partition coefficient (Wildman–Crippen LogP) is 3.75. The van der Waals surface area contributed by atoms with Gasteiger partial charge in [0.25, 0.3) is 0 Å². The van der Waals surface area contributed by atoms with E-state index in [9.17, 15) is 13.2 Å². The maximum absolute atomic E-state index is 12.5. The normalized spacial score (nSPS) is 15.9. The van der Waals surface area contributed by atoms with Gasteiger partial charge in [0.2, 0.25) is 0 Å². The van der Waals surface area contributed by atoms with E-state index in [2.05, 4.69) is 49.1 Å². The Balaban J connectivity index is 0.00000341. The van der Waals surface area contributed by atoms with Gasteiger partial charge in [0.15, 0.2) is 11.7 Å². The highest BCUT2D eigenvalue weighted by atomic mass is 127. The first-order chi connectivity index (χ1) is 14.4. The summed E-state index contributed by atoms with van der Waals surface area (Å²) in [7, 11) is 0. The number of anilines is 1. The monoisotopic (exact) mass is 549 g/mol. The van der Waals surface area contributed by atoms with Gasteiger partial charge >= 0.3 is 6.36 Å². The molecule has 0 saturated carbocycles. The number of nitrogens with two attached hydrogens (primary N) is 1. The molecular weight excluding hydrogens is 522 g/mol. The predicted molar refractivity (Wildman–Crippen MR) is 127 cm³/mol. The second-order valence-corrected chi connectivity index (χ2v) is 7.04. The molecule has 170 valence electrons. The van der Waals surface area contributed by atoms with E-state index in [-0.39, 0.29) is 41.4 Å². The molecule has 1 saturated heterocycles. The van der Waals surface area contributed by atoms with Crippen LogP contribution in [0.15, 0.2) is 59.6 Å². The van der Waals surface area contributed by atoms with Crippen molar-refractivity contribution in [3.05, 3.63) is 60.2 Å². The van der Waals surface area contributed by atoms with Gasteiger partial charge in [-0.05, 0) is 17.7 Å². The lowest BCUT2D eigenvalue weighted by molar-refractivity contribution is -0.274. The number of hydrogen-bond donors (Lipinski definition) is 2. The van der Waals surface area contributed by atoms with Crippen LogP contribution >= 0.6 is 24.0 Å². The molecule has 3 rings (SSSR count). The summed E-state index contributed by atoms with van der Waals surface area (Å²) in [5.74, 6) is -0.298. The minimum atomic E-state index is -4.77. The van der Waals surface area contributed by atoms with Gasteiger partial charge < -0.3 is 15.8 Å². The molecule has 2 aromatic carbocycles. The molecule has 0 radical (unpaired) electrons. The Labute approximate surface area is 197 Å². The Hall–Kier alpha value is -2.05. The summed E-state index contributed by atoms with van der Waals surface area (Å²) in [6.45, 7) is 5.99.